The molecule has 1 aromatic heterocycles. The molecule has 0 radical (unpaired) electrons. The summed E-state index contributed by atoms with van der Waals surface area (Å²) in [5.41, 5.74) is 0. The summed E-state index contributed by atoms with van der Waals surface area (Å²) in [6, 6.07) is 2.89. The van der Waals surface area contributed by atoms with Crippen LogP contribution in [0, 0.1) is 0 Å². The SMILES string of the molecule is CCCOC(=O)[C@H](C)NC(=O)c1cccs1. The van der Waals surface area contributed by atoms with E-state index in [0.717, 1.165) is 6.42 Å². The number of carbonyl (C=O) groups excluding carboxylic acids is 2. The van der Waals surface area contributed by atoms with Crippen LogP contribution in [0.3, 0.4) is 0 Å². The van der Waals surface area contributed by atoms with Gasteiger partial charge >= 0.3 is 5.97 Å². The molecule has 1 amide bonds. The van der Waals surface area contributed by atoms with Gasteiger partial charge in [-0.2, -0.15) is 0 Å². The van der Waals surface area contributed by atoms with Crippen molar-refractivity contribution < 1.29 is 14.3 Å². The molecule has 0 saturated carbocycles. The number of amides is 1. The van der Waals surface area contributed by atoms with Crippen LogP contribution in [-0.2, 0) is 9.53 Å². The Labute approximate surface area is 98.6 Å². The van der Waals surface area contributed by atoms with Crippen molar-refractivity contribution >= 4 is 23.2 Å². The van der Waals surface area contributed by atoms with Gasteiger partial charge in [0.1, 0.15) is 6.04 Å². The summed E-state index contributed by atoms with van der Waals surface area (Å²) in [4.78, 5) is 23.6. The molecule has 16 heavy (non-hydrogen) atoms. The minimum absolute atomic E-state index is 0.240. The van der Waals surface area contributed by atoms with Crippen molar-refractivity contribution in [3.05, 3.63) is 22.4 Å². The van der Waals surface area contributed by atoms with Crippen molar-refractivity contribution in [1.82, 2.24) is 5.32 Å². The third kappa shape index (κ3) is 3.66. The summed E-state index contributed by atoms with van der Waals surface area (Å²) in [7, 11) is 0. The molecule has 0 unspecified atom stereocenters. The van der Waals surface area contributed by atoms with E-state index >= 15 is 0 Å². The predicted molar refractivity (Wildman–Crippen MR) is 62.5 cm³/mol. The van der Waals surface area contributed by atoms with Gasteiger partial charge in [0.2, 0.25) is 0 Å². The molecule has 1 rings (SSSR count). The minimum Gasteiger partial charge on any atom is -0.464 e. The van der Waals surface area contributed by atoms with E-state index in [2.05, 4.69) is 5.32 Å². The highest BCUT2D eigenvalue weighted by Crippen LogP contribution is 2.08. The summed E-state index contributed by atoms with van der Waals surface area (Å²) in [6.45, 7) is 3.92. The molecule has 0 fully saturated rings. The van der Waals surface area contributed by atoms with Crippen molar-refractivity contribution in [2.45, 2.75) is 26.3 Å². The molecule has 0 aliphatic carbocycles. The van der Waals surface area contributed by atoms with Crippen molar-refractivity contribution in [3.63, 3.8) is 0 Å². The molecule has 1 N–H and O–H groups in total. The van der Waals surface area contributed by atoms with Crippen molar-refractivity contribution in [3.8, 4) is 0 Å². The van der Waals surface area contributed by atoms with E-state index in [1.54, 1.807) is 19.1 Å². The minimum atomic E-state index is -0.610. The second kappa shape index (κ2) is 6.27. The highest BCUT2D eigenvalue weighted by Gasteiger charge is 2.17. The Morgan fingerprint density at radius 1 is 1.56 bits per heavy atom. The number of hydrogen-bond acceptors (Lipinski definition) is 4. The number of hydrogen-bond donors (Lipinski definition) is 1. The average Bonchev–Trinajstić information content (AvgIpc) is 2.79. The number of esters is 1. The number of carbonyl (C=O) groups is 2. The van der Waals surface area contributed by atoms with Gasteiger partial charge in [-0.3, -0.25) is 4.79 Å². The van der Waals surface area contributed by atoms with Gasteiger partial charge in [0.15, 0.2) is 0 Å². The van der Waals surface area contributed by atoms with Crippen molar-refractivity contribution in [2.24, 2.45) is 0 Å². The average molecular weight is 241 g/mol. The fourth-order valence-electron chi connectivity index (χ4n) is 1.06. The van der Waals surface area contributed by atoms with Crippen LogP contribution in [0.15, 0.2) is 17.5 Å². The Kier molecular flexibility index (Phi) is 4.98. The molecule has 1 aromatic rings. The maximum absolute atomic E-state index is 11.6. The third-order valence-corrected chi connectivity index (χ3v) is 2.76. The Hall–Kier alpha value is -1.36. The first-order valence-electron chi connectivity index (χ1n) is 5.16. The lowest BCUT2D eigenvalue weighted by Crippen LogP contribution is -2.39. The Balaban J connectivity index is 2.42. The second-order valence-electron chi connectivity index (χ2n) is 3.34. The van der Waals surface area contributed by atoms with Crippen molar-refractivity contribution in [2.75, 3.05) is 6.61 Å². The van der Waals surface area contributed by atoms with Gasteiger partial charge in [-0.1, -0.05) is 13.0 Å². The van der Waals surface area contributed by atoms with Gasteiger partial charge in [0.25, 0.3) is 5.91 Å². The molecular formula is C11H15NO3S. The molecule has 1 heterocycles. The molecular weight excluding hydrogens is 226 g/mol. The monoisotopic (exact) mass is 241 g/mol. The van der Waals surface area contributed by atoms with E-state index in [0.29, 0.717) is 11.5 Å². The second-order valence-corrected chi connectivity index (χ2v) is 4.29. The summed E-state index contributed by atoms with van der Waals surface area (Å²) in [5.74, 6) is -0.636. The largest absolute Gasteiger partial charge is 0.464 e. The Morgan fingerprint density at radius 2 is 2.31 bits per heavy atom. The molecule has 88 valence electrons. The predicted octanol–water partition coefficient (Wildman–Crippen LogP) is 1.82. The highest BCUT2D eigenvalue weighted by molar-refractivity contribution is 7.12. The molecule has 0 aliphatic heterocycles. The van der Waals surface area contributed by atoms with E-state index in [1.807, 2.05) is 12.3 Å². The van der Waals surface area contributed by atoms with Gasteiger partial charge in [0, 0.05) is 0 Å². The normalized spacial score (nSPS) is 11.9. The molecule has 0 aliphatic rings. The molecule has 4 nitrogen and oxygen atoms in total. The number of rotatable bonds is 5. The van der Waals surface area contributed by atoms with Crippen LogP contribution in [0.2, 0.25) is 0 Å². The van der Waals surface area contributed by atoms with Gasteiger partial charge in [-0.05, 0) is 24.8 Å². The maximum atomic E-state index is 11.6. The summed E-state index contributed by atoms with van der Waals surface area (Å²) in [6.07, 6.45) is 0.775. The van der Waals surface area contributed by atoms with Crippen LogP contribution in [-0.4, -0.2) is 24.5 Å². The fourth-order valence-corrected chi connectivity index (χ4v) is 1.69. The van der Waals surface area contributed by atoms with Crippen LogP contribution < -0.4 is 5.32 Å². The van der Waals surface area contributed by atoms with Gasteiger partial charge < -0.3 is 10.1 Å². The summed E-state index contributed by atoms with van der Waals surface area (Å²) < 4.78 is 4.92. The fraction of sp³-hybridized carbons (Fsp3) is 0.455. The van der Waals surface area contributed by atoms with E-state index in [9.17, 15) is 9.59 Å². The lowest BCUT2D eigenvalue weighted by atomic mass is 10.3. The third-order valence-electron chi connectivity index (χ3n) is 1.89. The number of nitrogens with one attached hydrogen (secondary N) is 1. The first-order valence-corrected chi connectivity index (χ1v) is 6.04. The van der Waals surface area contributed by atoms with Crippen molar-refractivity contribution in [1.29, 1.82) is 0 Å². The van der Waals surface area contributed by atoms with Crippen LogP contribution in [0.25, 0.3) is 0 Å². The zero-order valence-electron chi connectivity index (χ0n) is 9.36. The molecule has 0 bridgehead atoms. The number of ether oxygens (including phenoxy) is 1. The first-order chi connectivity index (χ1) is 7.65. The van der Waals surface area contributed by atoms with Gasteiger partial charge in [-0.15, -0.1) is 11.3 Å². The van der Waals surface area contributed by atoms with Gasteiger partial charge in [0.05, 0.1) is 11.5 Å². The van der Waals surface area contributed by atoms with Gasteiger partial charge in [-0.25, -0.2) is 4.79 Å². The molecule has 0 aromatic carbocycles. The van der Waals surface area contributed by atoms with Crippen LogP contribution in [0.4, 0.5) is 0 Å². The lowest BCUT2D eigenvalue weighted by molar-refractivity contribution is -0.145. The zero-order valence-corrected chi connectivity index (χ0v) is 10.2. The standard InChI is InChI=1S/C11H15NO3S/c1-3-6-15-11(14)8(2)12-10(13)9-5-4-7-16-9/h4-5,7-8H,3,6H2,1-2H3,(H,12,13)/t8-/m0/s1. The van der Waals surface area contributed by atoms with E-state index in [-0.39, 0.29) is 5.91 Å². The summed E-state index contributed by atoms with van der Waals surface area (Å²) in [5, 5.41) is 4.40. The quantitative estimate of drug-likeness (QED) is 0.800. The molecule has 0 saturated heterocycles. The Morgan fingerprint density at radius 3 is 2.88 bits per heavy atom. The van der Waals surface area contributed by atoms with Crippen LogP contribution in [0.5, 0.6) is 0 Å². The molecule has 0 spiro atoms. The van der Waals surface area contributed by atoms with Crippen LogP contribution >= 0.6 is 11.3 Å². The van der Waals surface area contributed by atoms with E-state index in [4.69, 9.17) is 4.74 Å². The topological polar surface area (TPSA) is 55.4 Å². The van der Waals surface area contributed by atoms with E-state index < -0.39 is 12.0 Å². The van der Waals surface area contributed by atoms with E-state index in [1.165, 1.54) is 11.3 Å². The zero-order chi connectivity index (χ0) is 12.0. The highest BCUT2D eigenvalue weighted by atomic mass is 32.1. The van der Waals surface area contributed by atoms with Crippen LogP contribution in [0.1, 0.15) is 29.9 Å². The first kappa shape index (κ1) is 12.7. The summed E-state index contributed by atoms with van der Waals surface area (Å²) >= 11 is 1.34. The molecule has 5 heteroatoms. The maximum Gasteiger partial charge on any atom is 0.328 e. The molecule has 1 atom stereocenters. The Bertz CT molecular complexity index is 348. The lowest BCUT2D eigenvalue weighted by Gasteiger charge is -2.12. The smallest absolute Gasteiger partial charge is 0.328 e. The number of thiophene rings is 1.